The van der Waals surface area contributed by atoms with Crippen molar-refractivity contribution in [1.29, 1.82) is 0 Å². The Morgan fingerprint density at radius 2 is 1.96 bits per heavy atom. The second-order valence-electron chi connectivity index (χ2n) is 5.60. The molecule has 2 aliphatic heterocycles. The van der Waals surface area contributed by atoms with Crippen LogP contribution in [0, 0.1) is 0 Å². The lowest BCUT2D eigenvalue weighted by atomic mass is 10.1. The predicted octanol–water partition coefficient (Wildman–Crippen LogP) is -0.251. The molecule has 0 saturated carbocycles. The second-order valence-corrected chi connectivity index (χ2v) is 5.60. The molecule has 0 spiro atoms. The first-order valence-electron chi connectivity index (χ1n) is 7.50. The number of aliphatic hydroxyl groups is 1. The molecule has 2 saturated heterocycles. The normalized spacial score (nSPS) is 32.0. The molecule has 1 aromatic carbocycles. The largest absolute Gasteiger partial charge is 0.394 e. The average Bonchev–Trinajstić information content (AvgIpc) is 3.30. The van der Waals surface area contributed by atoms with Crippen LogP contribution in [-0.2, 0) is 14.2 Å². The minimum atomic E-state index is -0.729. The van der Waals surface area contributed by atoms with E-state index >= 15 is 0 Å². The van der Waals surface area contributed by atoms with Crippen molar-refractivity contribution in [2.24, 2.45) is 5.73 Å². The molecular weight excluding hydrogens is 316 g/mol. The lowest BCUT2D eigenvalue weighted by Gasteiger charge is -2.19. The first-order valence-corrected chi connectivity index (χ1v) is 7.50. The van der Waals surface area contributed by atoms with Gasteiger partial charge in [0.25, 0.3) is 5.91 Å². The average molecular weight is 332 g/mol. The van der Waals surface area contributed by atoms with Crippen molar-refractivity contribution in [2.45, 2.75) is 30.8 Å². The van der Waals surface area contributed by atoms with E-state index < -0.39 is 36.7 Å². The van der Waals surface area contributed by atoms with E-state index in [0.29, 0.717) is 0 Å². The van der Waals surface area contributed by atoms with Gasteiger partial charge < -0.3 is 25.1 Å². The summed E-state index contributed by atoms with van der Waals surface area (Å²) in [6, 6.07) is 9.49. The summed E-state index contributed by atoms with van der Waals surface area (Å²) in [6.45, 7) is -0.222. The van der Waals surface area contributed by atoms with Gasteiger partial charge in [-0.05, 0) is 0 Å². The topological polar surface area (TPSA) is 122 Å². The van der Waals surface area contributed by atoms with Gasteiger partial charge in [-0.25, -0.2) is 9.67 Å². The SMILES string of the molecule is NC(=O)c1ncn([C@H]2O[C@@H](CO)[C@@H]3OC(c4ccccc4)O[C@@H]32)n1. The number of carbonyl (C=O) groups is 1. The number of amides is 1. The van der Waals surface area contributed by atoms with Crippen LogP contribution in [0.4, 0.5) is 0 Å². The standard InChI is InChI=1S/C15H16N4O5/c16-12(21)13-17-7-19(18-13)14-11-10(9(6-20)22-14)23-15(24-11)8-4-2-1-3-5-8/h1-5,7,9-11,14-15,20H,6H2,(H2,16,21)/t9-,10-,11-,14-,15?/m0/s1. The van der Waals surface area contributed by atoms with Crippen LogP contribution in [-0.4, -0.2) is 50.7 Å². The lowest BCUT2D eigenvalue weighted by Crippen LogP contribution is -2.30. The number of nitrogens with two attached hydrogens (primary N) is 1. The smallest absolute Gasteiger partial charge is 0.288 e. The molecule has 9 nitrogen and oxygen atoms in total. The van der Waals surface area contributed by atoms with Crippen molar-refractivity contribution in [1.82, 2.24) is 14.8 Å². The Bertz CT molecular complexity index is 736. The van der Waals surface area contributed by atoms with Crippen molar-refractivity contribution in [3.8, 4) is 0 Å². The number of hydrogen-bond donors (Lipinski definition) is 2. The second kappa shape index (κ2) is 5.95. The van der Waals surface area contributed by atoms with E-state index in [1.807, 2.05) is 30.3 Å². The Hall–Kier alpha value is -2.33. The highest BCUT2D eigenvalue weighted by molar-refractivity contribution is 5.88. The van der Waals surface area contributed by atoms with E-state index in [1.54, 1.807) is 0 Å². The molecular formula is C15H16N4O5. The molecule has 3 heterocycles. The zero-order valence-electron chi connectivity index (χ0n) is 12.6. The van der Waals surface area contributed by atoms with Crippen molar-refractivity contribution in [3.63, 3.8) is 0 Å². The van der Waals surface area contributed by atoms with Gasteiger partial charge in [-0.3, -0.25) is 4.79 Å². The summed E-state index contributed by atoms with van der Waals surface area (Å²) < 4.78 is 19.0. The highest BCUT2D eigenvalue weighted by atomic mass is 16.8. The summed E-state index contributed by atoms with van der Waals surface area (Å²) in [6.07, 6.45) is -1.38. The van der Waals surface area contributed by atoms with Gasteiger partial charge in [-0.1, -0.05) is 30.3 Å². The van der Waals surface area contributed by atoms with Gasteiger partial charge in [0.1, 0.15) is 24.6 Å². The van der Waals surface area contributed by atoms with Crippen LogP contribution in [0.5, 0.6) is 0 Å². The molecule has 5 atom stereocenters. The maximum Gasteiger partial charge on any atom is 0.288 e. The maximum atomic E-state index is 11.2. The van der Waals surface area contributed by atoms with Crippen molar-refractivity contribution < 1.29 is 24.1 Å². The zero-order chi connectivity index (χ0) is 16.7. The van der Waals surface area contributed by atoms with Crippen LogP contribution < -0.4 is 5.73 Å². The molecule has 2 fully saturated rings. The fraction of sp³-hybridized carbons (Fsp3) is 0.400. The van der Waals surface area contributed by atoms with E-state index in [2.05, 4.69) is 10.1 Å². The summed E-state index contributed by atoms with van der Waals surface area (Å²) in [7, 11) is 0. The van der Waals surface area contributed by atoms with Crippen LogP contribution in [0.1, 0.15) is 28.7 Å². The Labute approximate surface area is 136 Å². The molecule has 24 heavy (non-hydrogen) atoms. The molecule has 1 aromatic heterocycles. The molecule has 0 aliphatic carbocycles. The van der Waals surface area contributed by atoms with Crippen LogP contribution >= 0.6 is 0 Å². The van der Waals surface area contributed by atoms with Gasteiger partial charge in [0.15, 0.2) is 12.5 Å². The summed E-state index contributed by atoms with van der Waals surface area (Å²) in [4.78, 5) is 15.0. The monoisotopic (exact) mass is 332 g/mol. The van der Waals surface area contributed by atoms with E-state index in [9.17, 15) is 9.90 Å². The van der Waals surface area contributed by atoms with E-state index in [-0.39, 0.29) is 12.4 Å². The van der Waals surface area contributed by atoms with E-state index in [1.165, 1.54) is 11.0 Å². The molecule has 0 bridgehead atoms. The zero-order valence-corrected chi connectivity index (χ0v) is 12.6. The Morgan fingerprint density at radius 3 is 2.62 bits per heavy atom. The number of carbonyl (C=O) groups excluding carboxylic acids is 1. The number of rotatable bonds is 4. The fourth-order valence-electron chi connectivity index (χ4n) is 2.97. The number of aromatic nitrogens is 3. The Morgan fingerprint density at radius 1 is 1.21 bits per heavy atom. The first-order chi connectivity index (χ1) is 11.7. The molecule has 2 aliphatic rings. The number of ether oxygens (including phenoxy) is 3. The predicted molar refractivity (Wildman–Crippen MR) is 78.5 cm³/mol. The third kappa shape index (κ3) is 2.47. The van der Waals surface area contributed by atoms with Gasteiger partial charge in [-0.2, -0.15) is 0 Å². The summed E-state index contributed by atoms with van der Waals surface area (Å²) in [5, 5.41) is 13.6. The minimum absolute atomic E-state index is 0.110. The van der Waals surface area contributed by atoms with E-state index in [4.69, 9.17) is 19.9 Å². The maximum absolute atomic E-state index is 11.2. The number of benzene rings is 1. The third-order valence-electron chi connectivity index (χ3n) is 4.09. The van der Waals surface area contributed by atoms with Gasteiger partial charge in [0, 0.05) is 5.56 Å². The molecule has 3 N–H and O–H groups in total. The van der Waals surface area contributed by atoms with Gasteiger partial charge in [0.05, 0.1) is 6.61 Å². The van der Waals surface area contributed by atoms with Gasteiger partial charge in [0.2, 0.25) is 5.82 Å². The van der Waals surface area contributed by atoms with Crippen molar-refractivity contribution in [2.75, 3.05) is 6.61 Å². The summed E-state index contributed by atoms with van der Waals surface area (Å²) in [5.74, 6) is -0.839. The molecule has 0 radical (unpaired) electrons. The van der Waals surface area contributed by atoms with Crippen LogP contribution in [0.3, 0.4) is 0 Å². The van der Waals surface area contributed by atoms with Crippen molar-refractivity contribution >= 4 is 5.91 Å². The Kier molecular flexibility index (Phi) is 3.77. The number of aliphatic hydroxyl groups excluding tert-OH is 1. The van der Waals surface area contributed by atoms with Crippen LogP contribution in [0.2, 0.25) is 0 Å². The Balaban J connectivity index is 1.59. The summed E-state index contributed by atoms with van der Waals surface area (Å²) >= 11 is 0. The van der Waals surface area contributed by atoms with Crippen LogP contribution in [0.25, 0.3) is 0 Å². The fourth-order valence-corrected chi connectivity index (χ4v) is 2.97. The third-order valence-corrected chi connectivity index (χ3v) is 4.09. The highest BCUT2D eigenvalue weighted by Crippen LogP contribution is 2.43. The van der Waals surface area contributed by atoms with Crippen molar-refractivity contribution in [3.05, 3.63) is 48.0 Å². The molecule has 1 amide bonds. The van der Waals surface area contributed by atoms with Gasteiger partial charge >= 0.3 is 0 Å². The lowest BCUT2D eigenvalue weighted by molar-refractivity contribution is -0.156. The van der Waals surface area contributed by atoms with Crippen LogP contribution in [0.15, 0.2) is 36.7 Å². The molecule has 4 rings (SSSR count). The minimum Gasteiger partial charge on any atom is -0.394 e. The number of hydrogen-bond acceptors (Lipinski definition) is 7. The van der Waals surface area contributed by atoms with Gasteiger partial charge in [-0.15, -0.1) is 5.10 Å². The number of primary amides is 1. The van der Waals surface area contributed by atoms with E-state index in [0.717, 1.165) is 5.56 Å². The molecule has 126 valence electrons. The highest BCUT2D eigenvalue weighted by Gasteiger charge is 2.53. The number of fused-ring (bicyclic) bond motifs is 1. The molecule has 2 aromatic rings. The summed E-state index contributed by atoms with van der Waals surface area (Å²) in [5.41, 5.74) is 6.04. The molecule has 1 unspecified atom stereocenters. The quantitative estimate of drug-likeness (QED) is 0.791. The first kappa shape index (κ1) is 15.2. The molecule has 9 heteroatoms. The number of nitrogens with zero attached hydrogens (tertiary/aromatic N) is 3.